The summed E-state index contributed by atoms with van der Waals surface area (Å²) in [6.45, 7) is 1.47. The van der Waals surface area contributed by atoms with Crippen LogP contribution in [-0.2, 0) is 17.6 Å². The van der Waals surface area contributed by atoms with E-state index in [1.54, 1.807) is 24.3 Å². The predicted molar refractivity (Wildman–Crippen MR) is 115 cm³/mol. The van der Waals surface area contributed by atoms with Crippen LogP contribution in [0.2, 0.25) is 10.0 Å². The molecule has 3 rings (SSSR count). The van der Waals surface area contributed by atoms with Crippen LogP contribution in [0.3, 0.4) is 0 Å². The van der Waals surface area contributed by atoms with E-state index in [4.69, 9.17) is 33.0 Å². The molecule has 0 saturated heterocycles. The van der Waals surface area contributed by atoms with E-state index in [9.17, 15) is 14.3 Å². The molecule has 0 atom stereocenters. The summed E-state index contributed by atoms with van der Waals surface area (Å²) in [6, 6.07) is 12.8. The first kappa shape index (κ1) is 21.9. The number of phenols is 1. The van der Waals surface area contributed by atoms with Gasteiger partial charge in [0.15, 0.2) is 6.61 Å². The summed E-state index contributed by atoms with van der Waals surface area (Å²) >= 11 is 12.7. The highest BCUT2D eigenvalue weighted by Crippen LogP contribution is 2.36. The minimum Gasteiger partial charge on any atom is -0.507 e. The van der Waals surface area contributed by atoms with E-state index >= 15 is 0 Å². The monoisotopic (exact) mass is 448 g/mol. The van der Waals surface area contributed by atoms with Gasteiger partial charge in [-0.3, -0.25) is 0 Å². The van der Waals surface area contributed by atoms with E-state index in [0.29, 0.717) is 33.2 Å². The molecule has 156 valence electrons. The molecule has 0 aliphatic heterocycles. The molecule has 0 radical (unpaired) electrons. The summed E-state index contributed by atoms with van der Waals surface area (Å²) in [6.07, 6.45) is 1.08. The smallest absolute Gasteiger partial charge is 0.341 e. The topological polar surface area (TPSA) is 66.8 Å². The molecule has 0 unspecified atom stereocenters. The Morgan fingerprint density at radius 1 is 1.00 bits per heavy atom. The molecule has 0 aliphatic rings. The van der Waals surface area contributed by atoms with Crippen molar-refractivity contribution >= 4 is 29.2 Å². The van der Waals surface area contributed by atoms with Gasteiger partial charge in [-0.15, -0.1) is 0 Å². The van der Waals surface area contributed by atoms with Crippen molar-refractivity contribution in [3.8, 4) is 22.6 Å². The van der Waals surface area contributed by atoms with Gasteiger partial charge in [-0.05, 0) is 59.5 Å². The van der Waals surface area contributed by atoms with Crippen LogP contribution < -0.4 is 4.74 Å². The highest BCUT2D eigenvalue weighted by atomic mass is 35.5. The second kappa shape index (κ2) is 9.37. The molecule has 0 saturated carbocycles. The van der Waals surface area contributed by atoms with E-state index < -0.39 is 18.4 Å². The average Bonchev–Trinajstić information content (AvgIpc) is 2.71. The average molecular weight is 449 g/mol. The number of carbonyl (C=O) groups is 1. The van der Waals surface area contributed by atoms with Crippen LogP contribution in [0.25, 0.3) is 11.1 Å². The molecule has 0 aliphatic carbocycles. The van der Waals surface area contributed by atoms with Crippen LogP contribution in [0.4, 0.5) is 4.39 Å². The van der Waals surface area contributed by atoms with Crippen molar-refractivity contribution in [3.05, 3.63) is 81.1 Å². The number of benzene rings is 3. The maximum Gasteiger partial charge on any atom is 0.341 e. The Hall–Kier alpha value is -2.76. The fourth-order valence-corrected chi connectivity index (χ4v) is 3.69. The van der Waals surface area contributed by atoms with Crippen LogP contribution in [-0.4, -0.2) is 22.8 Å². The zero-order valence-electron chi connectivity index (χ0n) is 16.1. The number of rotatable bonds is 7. The lowest BCUT2D eigenvalue weighted by atomic mass is 9.96. The fraction of sp³-hybridized carbons (Fsp3) is 0.174. The number of carboxylic acids is 1. The van der Waals surface area contributed by atoms with Gasteiger partial charge in [-0.25, -0.2) is 9.18 Å². The lowest BCUT2D eigenvalue weighted by molar-refractivity contribution is -0.139. The van der Waals surface area contributed by atoms with Crippen molar-refractivity contribution in [2.24, 2.45) is 0 Å². The number of aryl methyl sites for hydroxylation is 1. The molecule has 0 aromatic heterocycles. The quantitative estimate of drug-likeness (QED) is 0.456. The Labute approximate surface area is 183 Å². The zero-order chi connectivity index (χ0) is 21.8. The first-order valence-corrected chi connectivity index (χ1v) is 9.97. The summed E-state index contributed by atoms with van der Waals surface area (Å²) in [5, 5.41) is 19.7. The summed E-state index contributed by atoms with van der Waals surface area (Å²) in [5.74, 6) is -1.31. The lowest BCUT2D eigenvalue weighted by Gasteiger charge is -2.13. The highest BCUT2D eigenvalue weighted by Gasteiger charge is 2.15. The molecular weight excluding hydrogens is 430 g/mol. The third-order valence-electron chi connectivity index (χ3n) is 4.65. The minimum atomic E-state index is -1.11. The number of phenolic OH excluding ortho intramolecular Hbond substituents is 1. The Morgan fingerprint density at radius 2 is 1.63 bits per heavy atom. The Kier molecular flexibility index (Phi) is 6.85. The van der Waals surface area contributed by atoms with Crippen molar-refractivity contribution < 1.29 is 24.1 Å². The van der Waals surface area contributed by atoms with Crippen LogP contribution in [0.1, 0.15) is 23.6 Å². The molecule has 0 spiro atoms. The summed E-state index contributed by atoms with van der Waals surface area (Å²) in [4.78, 5) is 10.7. The molecule has 0 heterocycles. The molecule has 30 heavy (non-hydrogen) atoms. The van der Waals surface area contributed by atoms with Crippen molar-refractivity contribution in [3.63, 3.8) is 0 Å². The number of aliphatic carboxylic acids is 1. The first-order chi connectivity index (χ1) is 14.3. The van der Waals surface area contributed by atoms with E-state index in [1.807, 2.05) is 6.92 Å². The van der Waals surface area contributed by atoms with Crippen molar-refractivity contribution in [1.82, 2.24) is 0 Å². The number of aromatic hydroxyl groups is 1. The van der Waals surface area contributed by atoms with E-state index in [2.05, 4.69) is 0 Å². The standard InChI is InChI=1S/C23H19Cl2FO4/c1-2-13-3-5-21(26)16(7-13)17-8-14(4-6-22(17)27)9-18-19(24)10-15(11-20(18)25)30-12-23(28)29/h3-8,10-11,27H,2,9,12H2,1H3,(H,28,29). The maximum absolute atomic E-state index is 14.4. The van der Waals surface area contributed by atoms with E-state index in [-0.39, 0.29) is 11.5 Å². The van der Waals surface area contributed by atoms with Gasteiger partial charge in [-0.1, -0.05) is 42.3 Å². The van der Waals surface area contributed by atoms with Crippen LogP contribution in [0, 0.1) is 5.82 Å². The van der Waals surface area contributed by atoms with Gasteiger partial charge >= 0.3 is 5.97 Å². The maximum atomic E-state index is 14.4. The van der Waals surface area contributed by atoms with Gasteiger partial charge < -0.3 is 14.9 Å². The minimum absolute atomic E-state index is 0.0273. The van der Waals surface area contributed by atoms with Gasteiger partial charge in [0.2, 0.25) is 0 Å². The van der Waals surface area contributed by atoms with Gasteiger partial charge in [0.1, 0.15) is 17.3 Å². The molecule has 0 bridgehead atoms. The normalized spacial score (nSPS) is 10.8. The second-order valence-electron chi connectivity index (χ2n) is 6.74. The zero-order valence-corrected chi connectivity index (χ0v) is 17.6. The largest absolute Gasteiger partial charge is 0.507 e. The molecule has 0 amide bonds. The third kappa shape index (κ3) is 5.04. The van der Waals surface area contributed by atoms with Gasteiger partial charge in [0, 0.05) is 27.6 Å². The Balaban J connectivity index is 1.94. The number of hydrogen-bond acceptors (Lipinski definition) is 3. The Bertz CT molecular complexity index is 1080. The van der Waals surface area contributed by atoms with Crippen LogP contribution in [0.5, 0.6) is 11.5 Å². The molecule has 0 fully saturated rings. The van der Waals surface area contributed by atoms with Crippen molar-refractivity contribution in [1.29, 1.82) is 0 Å². The molecule has 2 N–H and O–H groups in total. The molecular formula is C23H19Cl2FO4. The third-order valence-corrected chi connectivity index (χ3v) is 5.32. The highest BCUT2D eigenvalue weighted by molar-refractivity contribution is 6.36. The first-order valence-electron chi connectivity index (χ1n) is 9.21. The molecule has 3 aromatic rings. The number of hydrogen-bond donors (Lipinski definition) is 2. The van der Waals surface area contributed by atoms with Crippen molar-refractivity contribution in [2.45, 2.75) is 19.8 Å². The predicted octanol–water partition coefficient (Wildman–Crippen LogP) is 6.12. The number of ether oxygens (including phenoxy) is 1. The second-order valence-corrected chi connectivity index (χ2v) is 7.56. The Morgan fingerprint density at radius 3 is 2.27 bits per heavy atom. The SMILES string of the molecule is CCc1ccc(F)c(-c2cc(Cc3c(Cl)cc(OCC(=O)O)cc3Cl)ccc2O)c1. The molecule has 7 heteroatoms. The van der Waals surface area contributed by atoms with Crippen LogP contribution in [0.15, 0.2) is 48.5 Å². The van der Waals surface area contributed by atoms with Crippen LogP contribution >= 0.6 is 23.2 Å². The van der Waals surface area contributed by atoms with Crippen molar-refractivity contribution in [2.75, 3.05) is 6.61 Å². The van der Waals surface area contributed by atoms with Gasteiger partial charge in [0.05, 0.1) is 0 Å². The van der Waals surface area contributed by atoms with Gasteiger partial charge in [-0.2, -0.15) is 0 Å². The number of carboxylic acid groups (broad SMARTS) is 1. The molecule has 4 nitrogen and oxygen atoms in total. The number of halogens is 3. The summed E-state index contributed by atoms with van der Waals surface area (Å²) in [7, 11) is 0. The van der Waals surface area contributed by atoms with E-state index in [0.717, 1.165) is 17.5 Å². The summed E-state index contributed by atoms with van der Waals surface area (Å²) in [5.41, 5.74) is 3.05. The molecule has 3 aromatic carbocycles. The van der Waals surface area contributed by atoms with E-state index in [1.165, 1.54) is 24.3 Å². The lowest BCUT2D eigenvalue weighted by Crippen LogP contribution is -2.09. The van der Waals surface area contributed by atoms with Gasteiger partial charge in [0.25, 0.3) is 0 Å². The fourth-order valence-electron chi connectivity index (χ4n) is 3.09. The summed E-state index contributed by atoms with van der Waals surface area (Å²) < 4.78 is 19.5.